The van der Waals surface area contributed by atoms with E-state index in [1.54, 1.807) is 0 Å². The molecule has 0 bridgehead atoms. The molecule has 142 valence electrons. The highest BCUT2D eigenvalue weighted by Gasteiger charge is 2.37. The van der Waals surface area contributed by atoms with Crippen LogP contribution in [0.2, 0.25) is 0 Å². The first-order valence-corrected chi connectivity index (χ1v) is 9.42. The lowest BCUT2D eigenvalue weighted by atomic mass is 9.94. The Balaban J connectivity index is 1.50. The van der Waals surface area contributed by atoms with Gasteiger partial charge in [-0.15, -0.1) is 0 Å². The van der Waals surface area contributed by atoms with E-state index in [0.717, 1.165) is 26.9 Å². The average molecular weight is 375 g/mol. The minimum absolute atomic E-state index is 0.112. The van der Waals surface area contributed by atoms with Crippen molar-refractivity contribution in [1.82, 2.24) is 0 Å². The third-order valence-electron chi connectivity index (χ3n) is 5.36. The Morgan fingerprint density at radius 2 is 1.71 bits per heavy atom. The van der Waals surface area contributed by atoms with Gasteiger partial charge in [-0.25, -0.2) is 4.79 Å². The highest BCUT2D eigenvalue weighted by Crippen LogP contribution is 2.19. The number of ether oxygens (including phenoxy) is 1. The molecule has 3 aromatic rings. The van der Waals surface area contributed by atoms with Crippen molar-refractivity contribution < 1.29 is 19.2 Å². The van der Waals surface area contributed by atoms with Gasteiger partial charge in [0.15, 0.2) is 12.6 Å². The molecule has 0 aliphatic carbocycles. The third kappa shape index (κ3) is 3.75. The van der Waals surface area contributed by atoms with Crippen LogP contribution in [-0.2, 0) is 27.3 Å². The molecule has 1 unspecified atom stereocenters. The van der Waals surface area contributed by atoms with Crippen LogP contribution in [0.15, 0.2) is 66.7 Å². The number of benzene rings is 3. The quantitative estimate of drug-likeness (QED) is 0.686. The number of fused-ring (bicyclic) bond motifs is 2. The van der Waals surface area contributed by atoms with Crippen molar-refractivity contribution in [2.45, 2.75) is 19.0 Å². The zero-order valence-corrected chi connectivity index (χ0v) is 15.8. The molecule has 4 rings (SSSR count). The van der Waals surface area contributed by atoms with E-state index in [2.05, 4.69) is 11.4 Å². The summed E-state index contributed by atoms with van der Waals surface area (Å²) in [6.07, 6.45) is 0.585. The number of quaternary nitrogens is 1. The van der Waals surface area contributed by atoms with Crippen molar-refractivity contribution in [1.29, 1.82) is 0 Å². The molecular weight excluding hydrogens is 352 g/mol. The molecule has 2 N–H and O–H groups in total. The monoisotopic (exact) mass is 375 g/mol. The van der Waals surface area contributed by atoms with Gasteiger partial charge in [0.1, 0.15) is 6.54 Å². The maximum absolute atomic E-state index is 12.7. The second-order valence-corrected chi connectivity index (χ2v) is 7.17. The SMILES string of the molecule is COC(=O)[C@@H]1Cc2ccccc2C[NH+]1CC(=O)Nc1ccc2ccccc2c1. The van der Waals surface area contributed by atoms with Crippen LogP contribution >= 0.6 is 0 Å². The summed E-state index contributed by atoms with van der Waals surface area (Å²) in [6.45, 7) is 0.835. The number of amides is 1. The average Bonchev–Trinajstić information content (AvgIpc) is 2.72. The zero-order valence-electron chi connectivity index (χ0n) is 15.8. The Bertz CT molecular complexity index is 1030. The van der Waals surface area contributed by atoms with Gasteiger partial charge in [0.25, 0.3) is 5.91 Å². The first kappa shape index (κ1) is 18.2. The fourth-order valence-corrected chi connectivity index (χ4v) is 3.92. The highest BCUT2D eigenvalue weighted by molar-refractivity contribution is 5.95. The highest BCUT2D eigenvalue weighted by atomic mass is 16.5. The van der Waals surface area contributed by atoms with E-state index < -0.39 is 0 Å². The standard InChI is InChI=1S/C23H22N2O3/c1-28-23(27)21-13-18-8-4-5-9-19(18)14-25(21)15-22(26)24-20-11-10-16-6-2-3-7-17(16)12-20/h2-12,21H,13-15H2,1H3,(H,24,26)/p+1/t21-/m0/s1. The molecule has 5 heteroatoms. The number of anilines is 1. The third-order valence-corrected chi connectivity index (χ3v) is 5.36. The molecule has 0 fully saturated rings. The Morgan fingerprint density at radius 1 is 1.00 bits per heavy atom. The van der Waals surface area contributed by atoms with Gasteiger partial charge in [0, 0.05) is 17.7 Å². The first-order chi connectivity index (χ1) is 13.6. The minimum atomic E-state index is -0.373. The van der Waals surface area contributed by atoms with E-state index in [1.807, 2.05) is 60.7 Å². The molecular formula is C23H23N2O3+. The molecule has 1 aliphatic rings. The van der Waals surface area contributed by atoms with Crippen LogP contribution in [0.4, 0.5) is 5.69 Å². The normalized spacial score (nSPS) is 18.3. The first-order valence-electron chi connectivity index (χ1n) is 9.42. The number of methoxy groups -OCH3 is 1. The Morgan fingerprint density at radius 3 is 2.50 bits per heavy atom. The van der Waals surface area contributed by atoms with E-state index in [-0.39, 0.29) is 24.5 Å². The van der Waals surface area contributed by atoms with Gasteiger partial charge in [0.05, 0.1) is 7.11 Å². The molecule has 0 spiro atoms. The lowest BCUT2D eigenvalue weighted by Gasteiger charge is -2.31. The number of nitrogens with one attached hydrogen (secondary N) is 2. The molecule has 28 heavy (non-hydrogen) atoms. The smallest absolute Gasteiger partial charge is 0.365 e. The lowest BCUT2D eigenvalue weighted by molar-refractivity contribution is -0.924. The van der Waals surface area contributed by atoms with E-state index in [1.165, 1.54) is 12.7 Å². The van der Waals surface area contributed by atoms with Gasteiger partial charge in [-0.05, 0) is 28.5 Å². The van der Waals surface area contributed by atoms with E-state index in [9.17, 15) is 9.59 Å². The van der Waals surface area contributed by atoms with Crippen molar-refractivity contribution >= 4 is 28.3 Å². The molecule has 0 radical (unpaired) electrons. The van der Waals surface area contributed by atoms with Gasteiger partial charge in [-0.2, -0.15) is 0 Å². The minimum Gasteiger partial charge on any atom is -0.465 e. The van der Waals surface area contributed by atoms with Crippen molar-refractivity contribution in [3.63, 3.8) is 0 Å². The molecule has 1 amide bonds. The summed E-state index contributed by atoms with van der Waals surface area (Å²) >= 11 is 0. The van der Waals surface area contributed by atoms with Gasteiger partial charge in [-0.1, -0.05) is 54.6 Å². The van der Waals surface area contributed by atoms with E-state index in [0.29, 0.717) is 13.0 Å². The lowest BCUT2D eigenvalue weighted by Crippen LogP contribution is -3.17. The van der Waals surface area contributed by atoms with E-state index >= 15 is 0 Å². The fourth-order valence-electron chi connectivity index (χ4n) is 3.92. The Kier molecular flexibility index (Phi) is 5.08. The van der Waals surface area contributed by atoms with Crippen molar-refractivity contribution in [2.24, 2.45) is 0 Å². The molecule has 3 aromatic carbocycles. The Hall–Kier alpha value is -3.18. The Labute approximate surface area is 163 Å². The van der Waals surface area contributed by atoms with Crippen LogP contribution in [0.3, 0.4) is 0 Å². The van der Waals surface area contributed by atoms with Gasteiger partial charge in [-0.3, -0.25) is 4.79 Å². The summed E-state index contributed by atoms with van der Waals surface area (Å²) < 4.78 is 4.99. The number of carbonyl (C=O) groups is 2. The molecule has 5 nitrogen and oxygen atoms in total. The summed E-state index contributed by atoms with van der Waals surface area (Å²) in [6, 6.07) is 21.6. The number of carbonyl (C=O) groups excluding carboxylic acids is 2. The van der Waals surface area contributed by atoms with Gasteiger partial charge in [0.2, 0.25) is 0 Å². The fraction of sp³-hybridized carbons (Fsp3) is 0.217. The van der Waals surface area contributed by atoms with Crippen LogP contribution in [0.1, 0.15) is 11.1 Å². The molecule has 1 aliphatic heterocycles. The molecule has 1 heterocycles. The summed E-state index contributed by atoms with van der Waals surface area (Å²) in [7, 11) is 1.40. The van der Waals surface area contributed by atoms with Crippen LogP contribution < -0.4 is 10.2 Å². The summed E-state index contributed by atoms with van der Waals surface area (Å²) in [5.41, 5.74) is 3.09. The van der Waals surface area contributed by atoms with Crippen LogP contribution in [0.5, 0.6) is 0 Å². The molecule has 0 saturated carbocycles. The van der Waals surface area contributed by atoms with E-state index in [4.69, 9.17) is 4.74 Å². The zero-order chi connectivity index (χ0) is 19.5. The molecule has 0 saturated heterocycles. The second kappa shape index (κ2) is 7.82. The second-order valence-electron chi connectivity index (χ2n) is 7.17. The number of esters is 1. The van der Waals surface area contributed by atoms with Crippen LogP contribution in [-0.4, -0.2) is 31.6 Å². The largest absolute Gasteiger partial charge is 0.465 e. The maximum atomic E-state index is 12.7. The van der Waals surface area contributed by atoms with Crippen molar-refractivity contribution in [3.8, 4) is 0 Å². The number of hydrogen-bond acceptors (Lipinski definition) is 3. The van der Waals surface area contributed by atoms with Gasteiger partial charge < -0.3 is 15.0 Å². The number of hydrogen-bond donors (Lipinski definition) is 2. The van der Waals surface area contributed by atoms with Crippen molar-refractivity contribution in [3.05, 3.63) is 77.9 Å². The van der Waals surface area contributed by atoms with Crippen LogP contribution in [0.25, 0.3) is 10.8 Å². The van der Waals surface area contributed by atoms with Gasteiger partial charge >= 0.3 is 5.97 Å². The van der Waals surface area contributed by atoms with Crippen molar-refractivity contribution in [2.75, 3.05) is 19.0 Å². The predicted molar refractivity (Wildman–Crippen MR) is 108 cm³/mol. The summed E-state index contributed by atoms with van der Waals surface area (Å²) in [4.78, 5) is 25.9. The molecule has 2 atom stereocenters. The van der Waals surface area contributed by atoms with Crippen LogP contribution in [0, 0.1) is 0 Å². The maximum Gasteiger partial charge on any atom is 0.365 e. The topological polar surface area (TPSA) is 59.8 Å². The molecule has 0 aromatic heterocycles. The summed E-state index contributed by atoms with van der Waals surface area (Å²) in [5.74, 6) is -0.387. The number of rotatable bonds is 4. The summed E-state index contributed by atoms with van der Waals surface area (Å²) in [5, 5.41) is 5.18. The predicted octanol–water partition coefficient (Wildman–Crippen LogP) is 1.96.